The number of hydrogen-bond acceptors (Lipinski definition) is 1. The Bertz CT molecular complexity index is 571. The Labute approximate surface area is 188 Å². The van der Waals surface area contributed by atoms with Gasteiger partial charge < -0.3 is 0 Å². The molecule has 11 atom stereocenters. The lowest BCUT2D eigenvalue weighted by atomic mass is 9.56. The van der Waals surface area contributed by atoms with Crippen molar-refractivity contribution < 1.29 is 0 Å². The summed E-state index contributed by atoms with van der Waals surface area (Å²) in [5.74, 6) is 8.34. The van der Waals surface area contributed by atoms with Crippen LogP contribution in [-0.4, -0.2) is 23.0 Å². The molecule has 0 aromatic rings. The summed E-state index contributed by atoms with van der Waals surface area (Å²) >= 11 is 0. The van der Waals surface area contributed by atoms with Crippen molar-refractivity contribution in [1.29, 1.82) is 0 Å². The monoisotopic (exact) mass is 413 g/mol. The van der Waals surface area contributed by atoms with Gasteiger partial charge in [-0.25, -0.2) is 0 Å². The summed E-state index contributed by atoms with van der Waals surface area (Å²) in [5, 5.41) is 0. The highest BCUT2D eigenvalue weighted by Crippen LogP contribution is 2.55. The lowest BCUT2D eigenvalue weighted by Gasteiger charge is -2.50. The SMILES string of the molecule is CCC(C)N1C2CCCCC2C2CC(CC3C(C)CC(C)C4CCCCC43)CCC21. The second kappa shape index (κ2) is 9.07. The lowest BCUT2D eigenvalue weighted by molar-refractivity contribution is -0.00108. The topological polar surface area (TPSA) is 3.24 Å². The standard InChI is InChI=1S/C29H51N/c1-5-21(4)30-28-13-9-8-12-25(28)27-18-22(14-15-29(27)30)17-26-20(3)16-19(2)23-10-6-7-11-24(23)26/h19-29H,5-18H2,1-4H3. The third-order valence-electron chi connectivity index (χ3n) is 11.4. The van der Waals surface area contributed by atoms with Crippen molar-refractivity contribution >= 4 is 0 Å². The van der Waals surface area contributed by atoms with Crippen molar-refractivity contribution in [2.24, 2.45) is 47.3 Å². The van der Waals surface area contributed by atoms with Crippen LogP contribution in [0.5, 0.6) is 0 Å². The number of hydrogen-bond donors (Lipinski definition) is 0. The summed E-state index contributed by atoms with van der Waals surface area (Å²) in [7, 11) is 0. The molecule has 0 bridgehead atoms. The highest BCUT2D eigenvalue weighted by molar-refractivity contribution is 5.05. The first kappa shape index (κ1) is 21.8. The maximum absolute atomic E-state index is 3.08. The Balaban J connectivity index is 1.29. The smallest absolute Gasteiger partial charge is 0.0133 e. The Morgan fingerprint density at radius 2 is 1.37 bits per heavy atom. The third kappa shape index (κ3) is 3.82. The predicted octanol–water partition coefficient (Wildman–Crippen LogP) is 7.93. The van der Waals surface area contributed by atoms with E-state index in [2.05, 4.69) is 32.6 Å². The quantitative estimate of drug-likeness (QED) is 0.452. The van der Waals surface area contributed by atoms with Gasteiger partial charge in [-0.15, -0.1) is 0 Å². The average molecular weight is 414 g/mol. The highest BCUT2D eigenvalue weighted by Gasteiger charge is 2.52. The number of fused-ring (bicyclic) bond motifs is 4. The zero-order chi connectivity index (χ0) is 20.8. The Morgan fingerprint density at radius 3 is 2.13 bits per heavy atom. The molecule has 1 saturated heterocycles. The highest BCUT2D eigenvalue weighted by atomic mass is 15.3. The molecule has 1 aliphatic heterocycles. The molecule has 1 nitrogen and oxygen atoms in total. The van der Waals surface area contributed by atoms with E-state index in [1.165, 1.54) is 51.4 Å². The number of likely N-dealkylation sites (tertiary alicyclic amines) is 1. The van der Waals surface area contributed by atoms with Crippen LogP contribution in [0.1, 0.15) is 118 Å². The van der Waals surface area contributed by atoms with E-state index in [0.717, 1.165) is 65.5 Å². The summed E-state index contributed by atoms with van der Waals surface area (Å²) < 4.78 is 0. The summed E-state index contributed by atoms with van der Waals surface area (Å²) in [6, 6.07) is 2.69. The van der Waals surface area contributed by atoms with Gasteiger partial charge in [0.2, 0.25) is 0 Å². The molecule has 0 amide bonds. The molecule has 172 valence electrons. The fourth-order valence-electron chi connectivity index (χ4n) is 10.0. The van der Waals surface area contributed by atoms with Crippen molar-refractivity contribution in [3.63, 3.8) is 0 Å². The van der Waals surface area contributed by atoms with Crippen molar-refractivity contribution in [3.05, 3.63) is 0 Å². The van der Waals surface area contributed by atoms with E-state index in [1.54, 1.807) is 38.5 Å². The van der Waals surface area contributed by atoms with Gasteiger partial charge >= 0.3 is 0 Å². The van der Waals surface area contributed by atoms with Crippen molar-refractivity contribution in [3.8, 4) is 0 Å². The van der Waals surface area contributed by atoms with E-state index in [0.29, 0.717) is 0 Å². The largest absolute Gasteiger partial charge is 0.294 e. The molecule has 0 spiro atoms. The van der Waals surface area contributed by atoms with Crippen LogP contribution in [0.2, 0.25) is 0 Å². The van der Waals surface area contributed by atoms with Gasteiger partial charge in [0.05, 0.1) is 0 Å². The Morgan fingerprint density at radius 1 is 0.700 bits per heavy atom. The van der Waals surface area contributed by atoms with Crippen LogP contribution in [0.15, 0.2) is 0 Å². The first-order chi connectivity index (χ1) is 14.6. The fraction of sp³-hybridized carbons (Fsp3) is 1.00. The maximum Gasteiger partial charge on any atom is 0.0133 e. The van der Waals surface area contributed by atoms with Crippen LogP contribution < -0.4 is 0 Å². The molecule has 4 saturated carbocycles. The molecular weight excluding hydrogens is 362 g/mol. The summed E-state index contributed by atoms with van der Waals surface area (Å²) in [6.07, 6.45) is 21.4. The van der Waals surface area contributed by atoms with Crippen molar-refractivity contribution in [2.45, 2.75) is 136 Å². The van der Waals surface area contributed by atoms with E-state index in [-0.39, 0.29) is 0 Å². The zero-order valence-corrected chi connectivity index (χ0v) is 20.7. The second-order valence-electron chi connectivity index (χ2n) is 12.8. The summed E-state index contributed by atoms with van der Waals surface area (Å²) in [6.45, 7) is 10.2. The predicted molar refractivity (Wildman–Crippen MR) is 128 cm³/mol. The number of nitrogens with zero attached hydrogens (tertiary/aromatic N) is 1. The van der Waals surface area contributed by atoms with E-state index in [1.807, 2.05) is 0 Å². The molecule has 0 N–H and O–H groups in total. The normalized spacial score (nSPS) is 50.4. The molecule has 5 fully saturated rings. The Hall–Kier alpha value is -0.0400. The Kier molecular flexibility index (Phi) is 6.59. The zero-order valence-electron chi connectivity index (χ0n) is 20.7. The second-order valence-corrected chi connectivity index (χ2v) is 12.8. The van der Waals surface area contributed by atoms with Crippen LogP contribution >= 0.6 is 0 Å². The van der Waals surface area contributed by atoms with Crippen LogP contribution in [0.3, 0.4) is 0 Å². The fourth-order valence-corrected chi connectivity index (χ4v) is 10.0. The van der Waals surface area contributed by atoms with Gasteiger partial charge in [-0.2, -0.15) is 0 Å². The van der Waals surface area contributed by atoms with Gasteiger partial charge in [-0.1, -0.05) is 46.5 Å². The summed E-state index contributed by atoms with van der Waals surface area (Å²) in [5.41, 5.74) is 0. The van der Waals surface area contributed by atoms with Gasteiger partial charge in [0.25, 0.3) is 0 Å². The first-order valence-corrected chi connectivity index (χ1v) is 14.4. The summed E-state index contributed by atoms with van der Waals surface area (Å²) in [4.78, 5) is 3.08. The van der Waals surface area contributed by atoms with Crippen LogP contribution in [0.4, 0.5) is 0 Å². The van der Waals surface area contributed by atoms with Crippen LogP contribution in [0.25, 0.3) is 0 Å². The van der Waals surface area contributed by atoms with Gasteiger partial charge in [0, 0.05) is 18.1 Å². The van der Waals surface area contributed by atoms with Crippen molar-refractivity contribution in [1.82, 2.24) is 4.90 Å². The minimum atomic E-state index is 0.810. The molecule has 0 aromatic carbocycles. The third-order valence-corrected chi connectivity index (χ3v) is 11.4. The number of rotatable bonds is 4. The molecule has 0 radical (unpaired) electrons. The van der Waals surface area contributed by atoms with Gasteiger partial charge in [-0.3, -0.25) is 4.90 Å². The minimum Gasteiger partial charge on any atom is -0.294 e. The van der Waals surface area contributed by atoms with E-state index in [9.17, 15) is 0 Å². The van der Waals surface area contributed by atoms with Gasteiger partial charge in [-0.05, 0) is 118 Å². The van der Waals surface area contributed by atoms with Crippen LogP contribution in [-0.2, 0) is 0 Å². The van der Waals surface area contributed by atoms with E-state index >= 15 is 0 Å². The van der Waals surface area contributed by atoms with Gasteiger partial charge in [0.15, 0.2) is 0 Å². The molecule has 1 heteroatoms. The molecule has 30 heavy (non-hydrogen) atoms. The molecule has 11 unspecified atom stereocenters. The van der Waals surface area contributed by atoms with Gasteiger partial charge in [0.1, 0.15) is 0 Å². The minimum absolute atomic E-state index is 0.810. The molecule has 5 aliphatic rings. The van der Waals surface area contributed by atoms with E-state index < -0.39 is 0 Å². The molecular formula is C29H51N. The van der Waals surface area contributed by atoms with Crippen molar-refractivity contribution in [2.75, 3.05) is 0 Å². The first-order valence-electron chi connectivity index (χ1n) is 14.4. The maximum atomic E-state index is 3.08. The van der Waals surface area contributed by atoms with Crippen LogP contribution in [0, 0.1) is 47.3 Å². The molecule has 1 heterocycles. The average Bonchev–Trinajstić information content (AvgIpc) is 3.10. The lowest BCUT2D eigenvalue weighted by Crippen LogP contribution is -2.46. The molecule has 4 aliphatic carbocycles. The molecule has 0 aromatic heterocycles. The molecule has 5 rings (SSSR count). The van der Waals surface area contributed by atoms with E-state index in [4.69, 9.17) is 0 Å².